The van der Waals surface area contributed by atoms with E-state index in [4.69, 9.17) is 0 Å². The molecule has 0 spiro atoms. The molecule has 0 amide bonds. The van der Waals surface area contributed by atoms with E-state index < -0.39 is 0 Å². The Labute approximate surface area is 77.3 Å². The van der Waals surface area contributed by atoms with E-state index >= 15 is 0 Å². The van der Waals surface area contributed by atoms with Crippen molar-refractivity contribution in [2.75, 3.05) is 0 Å². The Bertz CT molecular complexity index is 73.1. The van der Waals surface area contributed by atoms with Crippen molar-refractivity contribution in [3.63, 3.8) is 0 Å². The molecule has 3 heteroatoms. The van der Waals surface area contributed by atoms with Crippen molar-refractivity contribution in [2.45, 2.75) is 19.8 Å². The minimum atomic E-state index is 0. The Hall–Kier alpha value is 0.340. The molecular weight excluding hydrogens is 127 g/mol. The number of rotatable bonds is 4. The molecule has 0 aliphatic rings. The van der Waals surface area contributed by atoms with E-state index in [1.165, 1.54) is 0 Å². The maximum absolute atomic E-state index is 9.77. The fourth-order valence-corrected chi connectivity index (χ4v) is 0.425. The third kappa shape index (κ3) is 8.34. The van der Waals surface area contributed by atoms with E-state index in [0.717, 1.165) is 12.6 Å². The summed E-state index contributed by atoms with van der Waals surface area (Å²) in [6, 6.07) is 0. The van der Waals surface area contributed by atoms with Gasteiger partial charge in [-0.2, -0.15) is 0 Å². The summed E-state index contributed by atoms with van der Waals surface area (Å²) in [7, 11) is 0. The Morgan fingerprint density at radius 3 is 1.78 bits per heavy atom. The zero-order chi connectivity index (χ0) is 6.41. The second-order valence-corrected chi connectivity index (χ2v) is 1.91. The van der Waals surface area contributed by atoms with Gasteiger partial charge in [-0.15, -0.1) is 0 Å². The summed E-state index contributed by atoms with van der Waals surface area (Å²) < 4.78 is 0. The Morgan fingerprint density at radius 2 is 1.56 bits per heavy atom. The standard InChI is InChI=1S/C6H10O2.Na.H/c1-6(2-4-7)3-5-8;;/h4-6H,2-3H2,1H3;;. The van der Waals surface area contributed by atoms with Gasteiger partial charge in [0.15, 0.2) is 0 Å². The minimum absolute atomic E-state index is 0. The van der Waals surface area contributed by atoms with Crippen LogP contribution in [0.4, 0.5) is 0 Å². The molecule has 0 radical (unpaired) electrons. The van der Waals surface area contributed by atoms with Gasteiger partial charge >= 0.3 is 29.6 Å². The second kappa shape index (κ2) is 8.34. The molecule has 0 saturated carbocycles. The molecule has 0 aliphatic carbocycles. The van der Waals surface area contributed by atoms with Crippen LogP contribution in [0.5, 0.6) is 0 Å². The van der Waals surface area contributed by atoms with Crippen LogP contribution in [-0.4, -0.2) is 42.1 Å². The van der Waals surface area contributed by atoms with Gasteiger partial charge in [-0.25, -0.2) is 0 Å². The molecule has 0 aromatic heterocycles. The predicted octanol–water partition coefficient (Wildman–Crippen LogP) is 0.152. The van der Waals surface area contributed by atoms with E-state index in [9.17, 15) is 9.59 Å². The van der Waals surface area contributed by atoms with Crippen LogP contribution in [-0.2, 0) is 9.59 Å². The fourth-order valence-electron chi connectivity index (χ4n) is 0.425. The summed E-state index contributed by atoms with van der Waals surface area (Å²) in [5.74, 6) is 0.227. The van der Waals surface area contributed by atoms with Crippen molar-refractivity contribution in [1.82, 2.24) is 0 Å². The van der Waals surface area contributed by atoms with Gasteiger partial charge in [0.25, 0.3) is 0 Å². The first-order valence-electron chi connectivity index (χ1n) is 2.68. The number of carbonyl (C=O) groups is 2. The second-order valence-electron chi connectivity index (χ2n) is 1.91. The molecule has 0 rings (SSSR count). The molecule has 2 nitrogen and oxygen atoms in total. The van der Waals surface area contributed by atoms with Gasteiger partial charge in [-0.3, -0.25) is 0 Å². The van der Waals surface area contributed by atoms with Gasteiger partial charge in [0, 0.05) is 12.8 Å². The van der Waals surface area contributed by atoms with Crippen LogP contribution >= 0.6 is 0 Å². The van der Waals surface area contributed by atoms with E-state index in [2.05, 4.69) is 0 Å². The summed E-state index contributed by atoms with van der Waals surface area (Å²) in [5.41, 5.74) is 0. The van der Waals surface area contributed by atoms with Crippen molar-refractivity contribution in [2.24, 2.45) is 5.92 Å². The van der Waals surface area contributed by atoms with Crippen molar-refractivity contribution < 1.29 is 9.59 Å². The Balaban J connectivity index is 0. The zero-order valence-electron chi connectivity index (χ0n) is 4.96. The van der Waals surface area contributed by atoms with Gasteiger partial charge in [-0.05, 0) is 5.92 Å². The van der Waals surface area contributed by atoms with Gasteiger partial charge in [0.2, 0.25) is 0 Å². The molecule has 0 atom stereocenters. The van der Waals surface area contributed by atoms with Crippen LogP contribution in [0.2, 0.25) is 0 Å². The summed E-state index contributed by atoms with van der Waals surface area (Å²) in [6.07, 6.45) is 2.68. The van der Waals surface area contributed by atoms with Crippen LogP contribution in [0, 0.1) is 5.92 Å². The topological polar surface area (TPSA) is 34.1 Å². The average molecular weight is 138 g/mol. The van der Waals surface area contributed by atoms with Crippen LogP contribution < -0.4 is 0 Å². The predicted molar refractivity (Wildman–Crippen MR) is 37.7 cm³/mol. The third-order valence-corrected chi connectivity index (χ3v) is 0.997. The quantitative estimate of drug-likeness (QED) is 0.409. The molecule has 0 heterocycles. The van der Waals surface area contributed by atoms with Crippen LogP contribution in [0.25, 0.3) is 0 Å². The van der Waals surface area contributed by atoms with Crippen LogP contribution in [0.15, 0.2) is 0 Å². The third-order valence-electron chi connectivity index (χ3n) is 0.997. The van der Waals surface area contributed by atoms with E-state index in [1.807, 2.05) is 6.92 Å². The first-order chi connectivity index (χ1) is 3.81. The molecule has 0 unspecified atom stereocenters. The number of carbonyl (C=O) groups excluding carboxylic acids is 2. The molecule has 0 aromatic carbocycles. The molecule has 48 valence electrons. The van der Waals surface area contributed by atoms with E-state index in [-0.39, 0.29) is 35.5 Å². The molecular formula is C6H11NaO2. The number of hydrogen-bond acceptors (Lipinski definition) is 2. The van der Waals surface area contributed by atoms with Crippen molar-refractivity contribution in [3.05, 3.63) is 0 Å². The van der Waals surface area contributed by atoms with Gasteiger partial charge in [0.05, 0.1) is 0 Å². The summed E-state index contributed by atoms with van der Waals surface area (Å²) in [5, 5.41) is 0. The monoisotopic (exact) mass is 138 g/mol. The Morgan fingerprint density at radius 1 is 1.22 bits per heavy atom. The van der Waals surface area contributed by atoms with Crippen LogP contribution in [0.3, 0.4) is 0 Å². The van der Waals surface area contributed by atoms with Crippen molar-refractivity contribution >= 4 is 42.1 Å². The molecule has 0 N–H and O–H groups in total. The zero-order valence-corrected chi connectivity index (χ0v) is 4.96. The van der Waals surface area contributed by atoms with Crippen LogP contribution in [0.1, 0.15) is 19.8 Å². The SMILES string of the molecule is CC(CC=O)CC=O.[NaH]. The first-order valence-corrected chi connectivity index (χ1v) is 2.68. The van der Waals surface area contributed by atoms with Crippen molar-refractivity contribution in [3.8, 4) is 0 Å². The molecule has 0 fully saturated rings. The van der Waals surface area contributed by atoms with Crippen molar-refractivity contribution in [1.29, 1.82) is 0 Å². The maximum atomic E-state index is 9.77. The van der Waals surface area contributed by atoms with E-state index in [1.54, 1.807) is 0 Å². The first kappa shape index (κ1) is 12.1. The van der Waals surface area contributed by atoms with Gasteiger partial charge in [-0.1, -0.05) is 6.92 Å². The van der Waals surface area contributed by atoms with Gasteiger partial charge in [0.1, 0.15) is 12.6 Å². The summed E-state index contributed by atoms with van der Waals surface area (Å²) >= 11 is 0. The number of hydrogen-bond donors (Lipinski definition) is 0. The Kier molecular flexibility index (Phi) is 11.2. The molecule has 9 heavy (non-hydrogen) atoms. The van der Waals surface area contributed by atoms with Gasteiger partial charge < -0.3 is 9.59 Å². The normalized spacial score (nSPS) is 8.22. The average Bonchev–Trinajstić information content (AvgIpc) is 1.68. The number of aldehydes is 2. The summed E-state index contributed by atoms with van der Waals surface area (Å²) in [6.45, 7) is 1.88. The fraction of sp³-hybridized carbons (Fsp3) is 0.667. The molecule has 0 aliphatic heterocycles. The molecule has 0 saturated heterocycles. The molecule has 0 aromatic rings. The van der Waals surface area contributed by atoms with E-state index in [0.29, 0.717) is 12.8 Å². The molecule has 0 bridgehead atoms. The summed E-state index contributed by atoms with van der Waals surface area (Å²) in [4.78, 5) is 19.5.